The first-order valence-corrected chi connectivity index (χ1v) is 6.19. The molecule has 0 aromatic carbocycles. The van der Waals surface area contributed by atoms with E-state index in [-0.39, 0.29) is 5.54 Å². The topological polar surface area (TPSA) is 38.5 Å². The zero-order chi connectivity index (χ0) is 11.3. The number of methoxy groups -OCH3 is 1. The van der Waals surface area contributed by atoms with Crippen LogP contribution in [0.15, 0.2) is 0 Å². The minimum absolute atomic E-state index is 0.111. The molecule has 0 heterocycles. The Morgan fingerprint density at radius 1 is 1.40 bits per heavy atom. The van der Waals surface area contributed by atoms with E-state index in [9.17, 15) is 0 Å². The number of hydrogen-bond donors (Lipinski definition) is 1. The zero-order valence-corrected chi connectivity index (χ0v) is 10.5. The Morgan fingerprint density at radius 3 is 2.40 bits per heavy atom. The van der Waals surface area contributed by atoms with Crippen molar-refractivity contribution in [2.75, 3.05) is 33.4 Å². The van der Waals surface area contributed by atoms with Crippen LogP contribution in [0.4, 0.5) is 0 Å². The molecular weight excluding hydrogens is 188 g/mol. The molecule has 0 aliphatic heterocycles. The van der Waals surface area contributed by atoms with E-state index >= 15 is 0 Å². The Labute approximate surface area is 94.0 Å². The second-order valence-corrected chi connectivity index (χ2v) is 4.59. The van der Waals surface area contributed by atoms with Gasteiger partial charge in [0.05, 0.1) is 12.1 Å². The maximum Gasteiger partial charge on any atom is 0.0661 e. The lowest BCUT2D eigenvalue weighted by Crippen LogP contribution is -2.58. The van der Waals surface area contributed by atoms with Crippen molar-refractivity contribution in [3.05, 3.63) is 0 Å². The molecule has 0 saturated heterocycles. The third kappa shape index (κ3) is 2.71. The molecule has 3 heteroatoms. The number of nitrogens with zero attached hydrogens (tertiary/aromatic N) is 1. The fourth-order valence-electron chi connectivity index (χ4n) is 2.66. The van der Waals surface area contributed by atoms with E-state index in [2.05, 4.69) is 18.7 Å². The minimum Gasteiger partial charge on any atom is -0.383 e. The third-order valence-corrected chi connectivity index (χ3v) is 3.59. The highest BCUT2D eigenvalue weighted by molar-refractivity contribution is 5.03. The Hall–Kier alpha value is -0.120. The smallest absolute Gasteiger partial charge is 0.0661 e. The molecule has 1 atom stereocenters. The van der Waals surface area contributed by atoms with Crippen molar-refractivity contribution in [3.8, 4) is 0 Å². The summed E-state index contributed by atoms with van der Waals surface area (Å²) in [5, 5.41) is 0. The number of ether oxygens (including phenoxy) is 1. The third-order valence-electron chi connectivity index (χ3n) is 3.59. The van der Waals surface area contributed by atoms with Gasteiger partial charge >= 0.3 is 0 Å². The fraction of sp³-hybridized carbons (Fsp3) is 1.00. The van der Waals surface area contributed by atoms with Crippen LogP contribution in [0, 0.1) is 5.92 Å². The Bertz CT molecular complexity index is 182. The molecule has 15 heavy (non-hydrogen) atoms. The van der Waals surface area contributed by atoms with Gasteiger partial charge in [0.15, 0.2) is 0 Å². The highest BCUT2D eigenvalue weighted by Gasteiger charge is 2.47. The summed E-state index contributed by atoms with van der Waals surface area (Å²) in [6.07, 6.45) is 3.83. The molecule has 1 fully saturated rings. The Morgan fingerprint density at radius 2 is 2.07 bits per heavy atom. The van der Waals surface area contributed by atoms with E-state index in [1.54, 1.807) is 7.11 Å². The number of nitrogens with two attached hydrogens (primary N) is 1. The van der Waals surface area contributed by atoms with E-state index in [4.69, 9.17) is 10.5 Å². The number of rotatable bonds is 8. The van der Waals surface area contributed by atoms with Crippen LogP contribution in [-0.4, -0.2) is 43.8 Å². The molecule has 0 aromatic rings. The zero-order valence-electron chi connectivity index (χ0n) is 10.5. The van der Waals surface area contributed by atoms with Crippen molar-refractivity contribution < 1.29 is 4.74 Å². The second kappa shape index (κ2) is 5.83. The van der Waals surface area contributed by atoms with Gasteiger partial charge in [-0.1, -0.05) is 13.8 Å². The van der Waals surface area contributed by atoms with Gasteiger partial charge in [0, 0.05) is 13.7 Å². The maximum absolute atomic E-state index is 6.02. The first-order chi connectivity index (χ1) is 7.25. The summed E-state index contributed by atoms with van der Waals surface area (Å²) < 4.78 is 5.41. The molecule has 90 valence electrons. The SMILES string of the molecule is CCCN(CC)C(CN)(COC)C1CC1. The van der Waals surface area contributed by atoms with E-state index in [1.165, 1.54) is 19.3 Å². The number of likely N-dealkylation sites (N-methyl/N-ethyl adjacent to an activating group) is 1. The summed E-state index contributed by atoms with van der Waals surface area (Å²) in [6.45, 7) is 8.15. The lowest BCUT2D eigenvalue weighted by atomic mass is 9.91. The van der Waals surface area contributed by atoms with Crippen LogP contribution in [0.5, 0.6) is 0 Å². The van der Waals surface area contributed by atoms with Crippen molar-refractivity contribution in [3.63, 3.8) is 0 Å². The molecule has 0 spiro atoms. The lowest BCUT2D eigenvalue weighted by molar-refractivity contribution is 0.00207. The monoisotopic (exact) mass is 214 g/mol. The van der Waals surface area contributed by atoms with E-state index in [1.807, 2.05) is 0 Å². The molecule has 0 radical (unpaired) electrons. The average Bonchev–Trinajstić information content (AvgIpc) is 3.07. The molecule has 2 N–H and O–H groups in total. The second-order valence-electron chi connectivity index (χ2n) is 4.59. The van der Waals surface area contributed by atoms with Crippen molar-refractivity contribution in [1.29, 1.82) is 0 Å². The van der Waals surface area contributed by atoms with Crippen molar-refractivity contribution in [2.24, 2.45) is 11.7 Å². The van der Waals surface area contributed by atoms with E-state index < -0.39 is 0 Å². The first-order valence-electron chi connectivity index (χ1n) is 6.19. The van der Waals surface area contributed by atoms with Gasteiger partial charge in [-0.3, -0.25) is 4.90 Å². The normalized spacial score (nSPS) is 20.6. The molecule has 1 unspecified atom stereocenters. The molecular formula is C12H26N2O. The summed E-state index contributed by atoms with van der Waals surface area (Å²) in [4.78, 5) is 2.52. The Balaban J connectivity index is 2.74. The molecule has 1 saturated carbocycles. The maximum atomic E-state index is 6.02. The Kier molecular flexibility index (Phi) is 5.03. The fourth-order valence-corrected chi connectivity index (χ4v) is 2.66. The summed E-state index contributed by atoms with van der Waals surface area (Å²) in [7, 11) is 1.78. The van der Waals surface area contributed by atoms with Crippen molar-refractivity contribution >= 4 is 0 Å². The standard InChI is InChI=1S/C12H26N2O/c1-4-8-14(5-2)12(9-13,10-15-3)11-6-7-11/h11H,4-10,13H2,1-3H3. The van der Waals surface area contributed by atoms with Crippen LogP contribution >= 0.6 is 0 Å². The summed E-state index contributed by atoms with van der Waals surface area (Å²) in [5.41, 5.74) is 6.13. The molecule has 1 aliphatic carbocycles. The molecule has 0 bridgehead atoms. The first kappa shape index (κ1) is 12.9. The highest BCUT2D eigenvalue weighted by atomic mass is 16.5. The molecule has 1 rings (SSSR count). The summed E-state index contributed by atoms with van der Waals surface area (Å²) >= 11 is 0. The van der Waals surface area contributed by atoms with Gasteiger partial charge in [0.25, 0.3) is 0 Å². The van der Waals surface area contributed by atoms with Crippen molar-refractivity contribution in [1.82, 2.24) is 4.90 Å². The summed E-state index contributed by atoms with van der Waals surface area (Å²) in [5.74, 6) is 0.758. The van der Waals surface area contributed by atoms with Gasteiger partial charge in [-0.15, -0.1) is 0 Å². The van der Waals surface area contributed by atoms with Gasteiger partial charge in [0.1, 0.15) is 0 Å². The predicted octanol–water partition coefficient (Wildman–Crippen LogP) is 1.47. The van der Waals surface area contributed by atoms with E-state index in [0.29, 0.717) is 0 Å². The lowest BCUT2D eigenvalue weighted by Gasteiger charge is -2.43. The van der Waals surface area contributed by atoms with Crippen LogP contribution in [-0.2, 0) is 4.74 Å². The largest absolute Gasteiger partial charge is 0.383 e. The minimum atomic E-state index is 0.111. The van der Waals surface area contributed by atoms with E-state index in [0.717, 1.165) is 32.2 Å². The average molecular weight is 214 g/mol. The highest BCUT2D eigenvalue weighted by Crippen LogP contribution is 2.43. The molecule has 0 aromatic heterocycles. The van der Waals surface area contributed by atoms with Crippen LogP contribution in [0.2, 0.25) is 0 Å². The quantitative estimate of drug-likeness (QED) is 0.665. The van der Waals surface area contributed by atoms with Gasteiger partial charge in [-0.05, 0) is 38.3 Å². The predicted molar refractivity (Wildman–Crippen MR) is 63.9 cm³/mol. The van der Waals surface area contributed by atoms with Gasteiger partial charge in [0.2, 0.25) is 0 Å². The molecule has 3 nitrogen and oxygen atoms in total. The summed E-state index contributed by atoms with van der Waals surface area (Å²) in [6, 6.07) is 0. The number of hydrogen-bond acceptors (Lipinski definition) is 3. The van der Waals surface area contributed by atoms with Gasteiger partial charge in [-0.25, -0.2) is 0 Å². The van der Waals surface area contributed by atoms with Gasteiger partial charge in [-0.2, -0.15) is 0 Å². The van der Waals surface area contributed by atoms with Crippen LogP contribution in [0.3, 0.4) is 0 Å². The van der Waals surface area contributed by atoms with Gasteiger partial charge < -0.3 is 10.5 Å². The molecule has 1 aliphatic rings. The molecule has 0 amide bonds. The van der Waals surface area contributed by atoms with Crippen LogP contribution in [0.1, 0.15) is 33.1 Å². The van der Waals surface area contributed by atoms with Crippen LogP contribution < -0.4 is 5.73 Å². The van der Waals surface area contributed by atoms with Crippen molar-refractivity contribution in [2.45, 2.75) is 38.6 Å². The van der Waals surface area contributed by atoms with Crippen LogP contribution in [0.25, 0.3) is 0 Å².